The molecule has 1 aromatic carbocycles. The third kappa shape index (κ3) is 6.14. The largest absolute Gasteiger partial charge is 0.393 e. The van der Waals surface area contributed by atoms with Crippen LogP contribution in [-0.4, -0.2) is 54.3 Å². The Kier molecular flexibility index (Phi) is 8.37. The van der Waals surface area contributed by atoms with Gasteiger partial charge in [0, 0.05) is 19.6 Å². The van der Waals surface area contributed by atoms with E-state index in [0.29, 0.717) is 0 Å². The topological polar surface area (TPSA) is 45.0 Å². The van der Waals surface area contributed by atoms with Crippen molar-refractivity contribution in [2.75, 3.05) is 13.6 Å². The number of nitrogens with zero attached hydrogens (tertiary/aromatic N) is 3. The average molecular weight is 442 g/mol. The fraction of sp³-hybridized carbons (Fsp3) is 0.609. The first-order valence-electron chi connectivity index (χ1n) is 10.6. The first-order valence-corrected chi connectivity index (χ1v) is 10.6. The summed E-state index contributed by atoms with van der Waals surface area (Å²) in [6.07, 6.45) is -5.75. The molecule has 0 spiro atoms. The van der Waals surface area contributed by atoms with Crippen molar-refractivity contribution >= 4 is 17.5 Å². The van der Waals surface area contributed by atoms with Crippen molar-refractivity contribution in [2.45, 2.75) is 64.8 Å². The van der Waals surface area contributed by atoms with E-state index in [1.807, 2.05) is 37.3 Å². The Morgan fingerprint density at radius 1 is 1.19 bits per heavy atom. The van der Waals surface area contributed by atoms with Crippen LogP contribution in [0.1, 0.15) is 52.0 Å². The van der Waals surface area contributed by atoms with E-state index in [0.717, 1.165) is 10.5 Å². The highest BCUT2D eigenvalue weighted by Crippen LogP contribution is 2.38. The van der Waals surface area contributed by atoms with Crippen molar-refractivity contribution in [3.8, 4) is 0 Å². The van der Waals surface area contributed by atoms with Gasteiger partial charge >= 0.3 is 6.18 Å². The minimum absolute atomic E-state index is 0.0280. The maximum Gasteiger partial charge on any atom is 0.393 e. The average Bonchev–Trinajstić information content (AvgIpc) is 3.10. The fourth-order valence-corrected chi connectivity index (χ4v) is 4.02. The molecule has 31 heavy (non-hydrogen) atoms. The number of carbonyl (C=O) groups is 1. The van der Waals surface area contributed by atoms with E-state index in [4.69, 9.17) is 0 Å². The minimum Gasteiger partial charge on any atom is -0.333 e. The number of hydrogen-bond donors (Lipinski definition) is 0. The van der Waals surface area contributed by atoms with Crippen LogP contribution in [0.2, 0.25) is 0 Å². The molecule has 1 aromatic rings. The number of amides is 1. The number of alkyl halides is 4. The number of aliphatic imine (C=N–C) groups is 2. The Bertz CT molecular complexity index is 805. The molecule has 1 amide bonds. The maximum absolute atomic E-state index is 15.2. The van der Waals surface area contributed by atoms with Gasteiger partial charge in [-0.15, -0.1) is 0 Å². The van der Waals surface area contributed by atoms with Crippen molar-refractivity contribution in [1.82, 2.24) is 4.90 Å². The molecule has 1 saturated heterocycles. The molecule has 4 nitrogen and oxygen atoms in total. The highest BCUT2D eigenvalue weighted by atomic mass is 19.4. The second-order valence-electron chi connectivity index (χ2n) is 8.43. The molecule has 2 rings (SSSR count). The van der Waals surface area contributed by atoms with Crippen molar-refractivity contribution < 1.29 is 22.4 Å². The van der Waals surface area contributed by atoms with Gasteiger partial charge in [-0.1, -0.05) is 51.1 Å². The summed E-state index contributed by atoms with van der Waals surface area (Å²) in [6, 6.07) is 8.52. The zero-order valence-electron chi connectivity index (χ0n) is 18.7. The lowest BCUT2D eigenvalue weighted by Crippen LogP contribution is -2.43. The van der Waals surface area contributed by atoms with E-state index in [1.54, 1.807) is 13.8 Å². The SMILES string of the molecule is CN=C(N=C(C(C)C)C(F)CC(C)c1ccccc1)C(=O)N1CCC(C(F)(F)F)C1C. The summed E-state index contributed by atoms with van der Waals surface area (Å²) in [5.74, 6) is -2.88. The van der Waals surface area contributed by atoms with E-state index in [-0.39, 0.29) is 42.8 Å². The van der Waals surface area contributed by atoms with Gasteiger partial charge in [-0.2, -0.15) is 13.2 Å². The number of carbonyl (C=O) groups excluding carboxylic acids is 1. The van der Waals surface area contributed by atoms with Crippen molar-refractivity contribution in [2.24, 2.45) is 21.8 Å². The summed E-state index contributed by atoms with van der Waals surface area (Å²) in [4.78, 5) is 22.1. The van der Waals surface area contributed by atoms with Crippen LogP contribution in [-0.2, 0) is 4.79 Å². The normalized spacial score (nSPS) is 22.7. The lowest BCUT2D eigenvalue weighted by Gasteiger charge is -2.26. The number of halogens is 4. The van der Waals surface area contributed by atoms with Gasteiger partial charge in [-0.3, -0.25) is 9.79 Å². The zero-order valence-corrected chi connectivity index (χ0v) is 18.7. The van der Waals surface area contributed by atoms with Gasteiger partial charge in [-0.25, -0.2) is 9.38 Å². The molecular weight excluding hydrogens is 410 g/mol. The van der Waals surface area contributed by atoms with Gasteiger partial charge in [-0.05, 0) is 37.2 Å². The number of rotatable bonds is 5. The third-order valence-electron chi connectivity index (χ3n) is 5.92. The molecule has 0 aromatic heterocycles. The van der Waals surface area contributed by atoms with Gasteiger partial charge in [0.05, 0.1) is 11.6 Å². The maximum atomic E-state index is 15.2. The van der Waals surface area contributed by atoms with Crippen LogP contribution in [0.5, 0.6) is 0 Å². The molecule has 172 valence electrons. The molecular formula is C23H31F4N3O. The second kappa shape index (κ2) is 10.4. The summed E-state index contributed by atoms with van der Waals surface area (Å²) in [6.45, 7) is 6.81. The van der Waals surface area contributed by atoms with Crippen LogP contribution in [0, 0.1) is 11.8 Å². The van der Waals surface area contributed by atoms with Crippen LogP contribution in [0.4, 0.5) is 17.6 Å². The molecule has 0 radical (unpaired) electrons. The van der Waals surface area contributed by atoms with E-state index in [2.05, 4.69) is 9.98 Å². The van der Waals surface area contributed by atoms with Gasteiger partial charge in [0.15, 0.2) is 0 Å². The molecule has 1 heterocycles. The number of hydrogen-bond acceptors (Lipinski definition) is 2. The van der Waals surface area contributed by atoms with Crippen LogP contribution >= 0.6 is 0 Å². The summed E-state index contributed by atoms with van der Waals surface area (Å²) < 4.78 is 54.7. The predicted octanol–water partition coefficient (Wildman–Crippen LogP) is 5.44. The highest BCUT2D eigenvalue weighted by molar-refractivity contribution is 6.40. The molecule has 0 saturated carbocycles. The summed E-state index contributed by atoms with van der Waals surface area (Å²) >= 11 is 0. The molecule has 0 aliphatic carbocycles. The lowest BCUT2D eigenvalue weighted by atomic mass is 9.91. The second-order valence-corrected chi connectivity index (χ2v) is 8.43. The van der Waals surface area contributed by atoms with Crippen molar-refractivity contribution in [3.63, 3.8) is 0 Å². The highest BCUT2D eigenvalue weighted by Gasteiger charge is 2.50. The number of likely N-dealkylation sites (tertiary alicyclic amines) is 1. The van der Waals surface area contributed by atoms with Gasteiger partial charge in [0.2, 0.25) is 5.84 Å². The standard InChI is InChI=1S/C23H31F4N3O/c1-14(2)20(19(24)13-15(3)17-9-7-6-8-10-17)29-21(28-5)22(31)30-12-11-18(16(30)4)23(25,26)27/h6-10,14-16,18-19H,11-13H2,1-5H3. The molecule has 1 fully saturated rings. The van der Waals surface area contributed by atoms with Crippen molar-refractivity contribution in [3.05, 3.63) is 35.9 Å². The summed E-state index contributed by atoms with van der Waals surface area (Å²) in [5.41, 5.74) is 1.17. The number of benzene rings is 1. The van der Waals surface area contributed by atoms with E-state index in [1.165, 1.54) is 14.0 Å². The third-order valence-corrected chi connectivity index (χ3v) is 5.92. The molecule has 0 N–H and O–H groups in total. The Labute approximate surface area is 181 Å². The Hall–Kier alpha value is -2.25. The lowest BCUT2D eigenvalue weighted by molar-refractivity contribution is -0.179. The van der Waals surface area contributed by atoms with Gasteiger partial charge in [0.25, 0.3) is 5.91 Å². The van der Waals surface area contributed by atoms with Gasteiger partial charge < -0.3 is 4.90 Å². The Morgan fingerprint density at radius 2 is 1.81 bits per heavy atom. The minimum atomic E-state index is -4.37. The molecule has 4 unspecified atom stereocenters. The van der Waals surface area contributed by atoms with E-state index in [9.17, 15) is 18.0 Å². The molecule has 1 aliphatic heterocycles. The molecule has 0 bridgehead atoms. The molecule has 4 atom stereocenters. The predicted molar refractivity (Wildman–Crippen MR) is 115 cm³/mol. The smallest absolute Gasteiger partial charge is 0.333 e. The first-order chi connectivity index (χ1) is 14.5. The Morgan fingerprint density at radius 3 is 2.29 bits per heavy atom. The zero-order chi connectivity index (χ0) is 23.3. The van der Waals surface area contributed by atoms with Crippen LogP contribution < -0.4 is 0 Å². The van der Waals surface area contributed by atoms with Crippen LogP contribution in [0.15, 0.2) is 40.3 Å². The molecule has 8 heteroatoms. The summed E-state index contributed by atoms with van der Waals surface area (Å²) in [5, 5.41) is 0. The number of amidine groups is 1. The molecule has 1 aliphatic rings. The summed E-state index contributed by atoms with van der Waals surface area (Å²) in [7, 11) is 1.34. The van der Waals surface area contributed by atoms with E-state index >= 15 is 4.39 Å². The van der Waals surface area contributed by atoms with Gasteiger partial charge in [0.1, 0.15) is 6.17 Å². The fourth-order valence-electron chi connectivity index (χ4n) is 4.02. The van der Waals surface area contributed by atoms with Crippen LogP contribution in [0.25, 0.3) is 0 Å². The van der Waals surface area contributed by atoms with Crippen LogP contribution in [0.3, 0.4) is 0 Å². The quantitative estimate of drug-likeness (QED) is 0.341. The first kappa shape index (κ1) is 25.0. The van der Waals surface area contributed by atoms with Crippen molar-refractivity contribution in [1.29, 1.82) is 0 Å². The van der Waals surface area contributed by atoms with E-state index < -0.39 is 30.2 Å². The Balaban J connectivity index is 2.20. The monoisotopic (exact) mass is 441 g/mol.